The standard InChI is InChI=1S/C9H13BrN2/c1-7(6-10)12-9-5-3-2-4-8(9)11/h2-5,7,12H,6,11H2,1H3. The number of para-hydroxylation sites is 2. The van der Waals surface area contributed by atoms with Gasteiger partial charge in [0.05, 0.1) is 11.4 Å². The van der Waals surface area contributed by atoms with E-state index in [9.17, 15) is 0 Å². The van der Waals surface area contributed by atoms with Crippen molar-refractivity contribution in [2.45, 2.75) is 13.0 Å². The van der Waals surface area contributed by atoms with Gasteiger partial charge in [0.25, 0.3) is 0 Å². The highest BCUT2D eigenvalue weighted by Gasteiger charge is 2.00. The first-order chi connectivity index (χ1) is 5.74. The van der Waals surface area contributed by atoms with Crippen LogP contribution in [-0.4, -0.2) is 11.4 Å². The van der Waals surface area contributed by atoms with Gasteiger partial charge in [-0.1, -0.05) is 28.1 Å². The summed E-state index contributed by atoms with van der Waals surface area (Å²) >= 11 is 3.39. The average Bonchev–Trinajstić information content (AvgIpc) is 2.09. The fraction of sp³-hybridized carbons (Fsp3) is 0.333. The third-order valence-corrected chi connectivity index (χ3v) is 2.57. The van der Waals surface area contributed by atoms with Crippen molar-refractivity contribution in [3.8, 4) is 0 Å². The molecule has 1 rings (SSSR count). The highest BCUT2D eigenvalue weighted by atomic mass is 79.9. The maximum atomic E-state index is 5.75. The molecule has 2 nitrogen and oxygen atoms in total. The normalized spacial score (nSPS) is 12.5. The lowest BCUT2D eigenvalue weighted by molar-refractivity contribution is 0.921. The maximum absolute atomic E-state index is 5.75. The zero-order chi connectivity index (χ0) is 8.97. The Bertz CT molecular complexity index is 250. The van der Waals surface area contributed by atoms with E-state index < -0.39 is 0 Å². The molecule has 1 unspecified atom stereocenters. The van der Waals surface area contributed by atoms with Crippen LogP contribution in [0.3, 0.4) is 0 Å². The van der Waals surface area contributed by atoms with Gasteiger partial charge in [0.1, 0.15) is 0 Å². The molecule has 0 heterocycles. The maximum Gasteiger partial charge on any atom is 0.0576 e. The quantitative estimate of drug-likeness (QED) is 0.617. The molecular weight excluding hydrogens is 216 g/mol. The monoisotopic (exact) mass is 228 g/mol. The van der Waals surface area contributed by atoms with Crippen molar-refractivity contribution in [2.75, 3.05) is 16.4 Å². The predicted octanol–water partition coefficient (Wildman–Crippen LogP) is 2.46. The van der Waals surface area contributed by atoms with Gasteiger partial charge >= 0.3 is 0 Å². The molecule has 3 heteroatoms. The van der Waals surface area contributed by atoms with Gasteiger partial charge in [0.15, 0.2) is 0 Å². The van der Waals surface area contributed by atoms with E-state index in [4.69, 9.17) is 5.73 Å². The summed E-state index contributed by atoms with van der Waals surface area (Å²) in [5.41, 5.74) is 7.55. The Labute approximate surface area is 81.3 Å². The van der Waals surface area contributed by atoms with Crippen LogP contribution in [0.5, 0.6) is 0 Å². The molecule has 0 spiro atoms. The number of nitrogens with two attached hydrogens (primary N) is 1. The number of nitrogens with one attached hydrogen (secondary N) is 1. The zero-order valence-electron chi connectivity index (χ0n) is 7.05. The third-order valence-electron chi connectivity index (χ3n) is 1.59. The van der Waals surface area contributed by atoms with Crippen LogP contribution < -0.4 is 11.1 Å². The number of anilines is 2. The second-order valence-electron chi connectivity index (χ2n) is 2.79. The molecule has 1 aromatic rings. The molecule has 0 amide bonds. The van der Waals surface area contributed by atoms with Crippen molar-refractivity contribution in [1.82, 2.24) is 0 Å². The van der Waals surface area contributed by atoms with E-state index in [0.29, 0.717) is 6.04 Å². The Morgan fingerprint density at radius 2 is 2.17 bits per heavy atom. The predicted molar refractivity (Wildman–Crippen MR) is 57.7 cm³/mol. The highest BCUT2D eigenvalue weighted by Crippen LogP contribution is 2.17. The van der Waals surface area contributed by atoms with E-state index in [1.54, 1.807) is 0 Å². The molecule has 0 bridgehead atoms. The molecule has 0 fully saturated rings. The lowest BCUT2D eigenvalue weighted by Gasteiger charge is -2.13. The third kappa shape index (κ3) is 2.41. The van der Waals surface area contributed by atoms with Crippen molar-refractivity contribution in [2.24, 2.45) is 0 Å². The Kier molecular flexibility index (Phi) is 3.41. The van der Waals surface area contributed by atoms with Crippen molar-refractivity contribution in [3.63, 3.8) is 0 Å². The van der Waals surface area contributed by atoms with Gasteiger partial charge in [-0.3, -0.25) is 0 Å². The minimum absolute atomic E-state index is 0.398. The van der Waals surface area contributed by atoms with Crippen LogP contribution in [0.4, 0.5) is 11.4 Å². The Morgan fingerprint density at radius 3 is 2.75 bits per heavy atom. The summed E-state index contributed by atoms with van der Waals surface area (Å²) in [6.07, 6.45) is 0. The van der Waals surface area contributed by atoms with E-state index in [2.05, 4.69) is 28.2 Å². The first kappa shape index (κ1) is 9.39. The molecule has 0 aliphatic heterocycles. The molecule has 12 heavy (non-hydrogen) atoms. The molecule has 0 aliphatic rings. The number of benzene rings is 1. The zero-order valence-corrected chi connectivity index (χ0v) is 8.64. The molecule has 66 valence electrons. The largest absolute Gasteiger partial charge is 0.397 e. The van der Waals surface area contributed by atoms with E-state index in [0.717, 1.165) is 16.7 Å². The second-order valence-corrected chi connectivity index (χ2v) is 3.43. The summed E-state index contributed by atoms with van der Waals surface area (Å²) < 4.78 is 0. The SMILES string of the molecule is CC(CBr)Nc1ccccc1N. The minimum Gasteiger partial charge on any atom is -0.397 e. The van der Waals surface area contributed by atoms with Crippen molar-refractivity contribution in [1.29, 1.82) is 0 Å². The van der Waals surface area contributed by atoms with Crippen molar-refractivity contribution < 1.29 is 0 Å². The summed E-state index contributed by atoms with van der Waals surface area (Å²) in [5, 5.41) is 4.21. The first-order valence-corrected chi connectivity index (χ1v) is 5.03. The van der Waals surface area contributed by atoms with Crippen LogP contribution in [0.2, 0.25) is 0 Å². The van der Waals surface area contributed by atoms with Gasteiger partial charge in [0, 0.05) is 11.4 Å². The Balaban J connectivity index is 2.69. The second kappa shape index (κ2) is 4.36. The van der Waals surface area contributed by atoms with Gasteiger partial charge < -0.3 is 11.1 Å². The van der Waals surface area contributed by atoms with Crippen LogP contribution in [0.1, 0.15) is 6.92 Å². The number of rotatable bonds is 3. The fourth-order valence-electron chi connectivity index (χ4n) is 0.932. The Morgan fingerprint density at radius 1 is 1.50 bits per heavy atom. The summed E-state index contributed by atoms with van der Waals surface area (Å²) in [6, 6.07) is 8.17. The van der Waals surface area contributed by atoms with Crippen molar-refractivity contribution in [3.05, 3.63) is 24.3 Å². The number of alkyl halides is 1. The Hall–Kier alpha value is -0.700. The topological polar surface area (TPSA) is 38.0 Å². The molecule has 0 aromatic heterocycles. The molecule has 1 atom stereocenters. The molecule has 0 saturated carbocycles. The van der Waals surface area contributed by atoms with Gasteiger partial charge in [-0.2, -0.15) is 0 Å². The van der Waals surface area contributed by atoms with Crippen LogP contribution in [0.25, 0.3) is 0 Å². The number of nitrogen functional groups attached to an aromatic ring is 1. The molecule has 3 N–H and O–H groups in total. The van der Waals surface area contributed by atoms with Gasteiger partial charge in [-0.15, -0.1) is 0 Å². The summed E-state index contributed by atoms with van der Waals surface area (Å²) in [4.78, 5) is 0. The average molecular weight is 229 g/mol. The van der Waals surface area contributed by atoms with E-state index >= 15 is 0 Å². The van der Waals surface area contributed by atoms with Crippen molar-refractivity contribution >= 4 is 27.3 Å². The number of hydrogen-bond acceptors (Lipinski definition) is 2. The van der Waals surface area contributed by atoms with E-state index in [-0.39, 0.29) is 0 Å². The van der Waals surface area contributed by atoms with Gasteiger partial charge in [-0.25, -0.2) is 0 Å². The van der Waals surface area contributed by atoms with Gasteiger partial charge in [0.2, 0.25) is 0 Å². The molecule has 0 saturated heterocycles. The van der Waals surface area contributed by atoms with Gasteiger partial charge in [-0.05, 0) is 19.1 Å². The van der Waals surface area contributed by atoms with Crippen LogP contribution in [0, 0.1) is 0 Å². The fourth-order valence-corrected chi connectivity index (χ4v) is 1.09. The lowest BCUT2D eigenvalue weighted by atomic mass is 10.2. The number of halogens is 1. The highest BCUT2D eigenvalue weighted by molar-refractivity contribution is 9.09. The molecule has 1 aromatic carbocycles. The lowest BCUT2D eigenvalue weighted by Crippen LogP contribution is -2.17. The first-order valence-electron chi connectivity index (χ1n) is 3.91. The van der Waals surface area contributed by atoms with Crippen LogP contribution in [-0.2, 0) is 0 Å². The van der Waals surface area contributed by atoms with Crippen LogP contribution in [0.15, 0.2) is 24.3 Å². The van der Waals surface area contributed by atoms with Crippen LogP contribution >= 0.6 is 15.9 Å². The molecule has 0 radical (unpaired) electrons. The van der Waals surface area contributed by atoms with E-state index in [1.165, 1.54) is 0 Å². The summed E-state index contributed by atoms with van der Waals surface area (Å²) in [5.74, 6) is 0. The molecular formula is C9H13BrN2. The molecule has 0 aliphatic carbocycles. The summed E-state index contributed by atoms with van der Waals surface area (Å²) in [6.45, 7) is 2.10. The minimum atomic E-state index is 0.398. The summed E-state index contributed by atoms with van der Waals surface area (Å²) in [7, 11) is 0. The smallest absolute Gasteiger partial charge is 0.0576 e. The number of hydrogen-bond donors (Lipinski definition) is 2. The van der Waals surface area contributed by atoms with E-state index in [1.807, 2.05) is 24.3 Å².